The lowest BCUT2D eigenvalue weighted by Gasteiger charge is -2.06. The maximum absolute atomic E-state index is 11.9. The summed E-state index contributed by atoms with van der Waals surface area (Å²) in [5, 5.41) is 13.9. The van der Waals surface area contributed by atoms with Crippen molar-refractivity contribution in [2.24, 2.45) is 5.92 Å². The third-order valence-corrected chi connectivity index (χ3v) is 4.10. The Bertz CT molecular complexity index is 664. The number of aromatic nitrogens is 1. The van der Waals surface area contributed by atoms with Crippen molar-refractivity contribution in [2.45, 2.75) is 20.3 Å². The van der Waals surface area contributed by atoms with E-state index in [1.165, 1.54) is 16.9 Å². The molecule has 2 N–H and O–H groups in total. The molecule has 1 unspecified atom stereocenters. The zero-order valence-electron chi connectivity index (χ0n) is 12.5. The molecule has 0 radical (unpaired) electrons. The van der Waals surface area contributed by atoms with Crippen LogP contribution in [0.15, 0.2) is 29.6 Å². The number of nitrogens with one attached hydrogen (secondary N) is 1. The summed E-state index contributed by atoms with van der Waals surface area (Å²) in [5.41, 5.74) is 2.69. The standard InChI is InChI=1S/C16H18N2O3S/c1-10-3-5-12(6-4-10)7-14-18-13(9-22-14)15(19)17-8-11(2)16(20)21/h3-6,9,11H,7-8H2,1-2H3,(H,17,19)(H,20,21). The molecule has 5 nitrogen and oxygen atoms in total. The van der Waals surface area contributed by atoms with Gasteiger partial charge in [-0.3, -0.25) is 9.59 Å². The number of nitrogens with zero attached hydrogens (tertiary/aromatic N) is 1. The van der Waals surface area contributed by atoms with Crippen molar-refractivity contribution in [3.05, 3.63) is 51.5 Å². The number of carboxylic acids is 1. The Balaban J connectivity index is 1.94. The second-order valence-corrected chi connectivity index (χ2v) is 6.18. The van der Waals surface area contributed by atoms with Crippen LogP contribution >= 0.6 is 11.3 Å². The van der Waals surface area contributed by atoms with Gasteiger partial charge in [-0.1, -0.05) is 36.8 Å². The minimum Gasteiger partial charge on any atom is -0.481 e. The lowest BCUT2D eigenvalue weighted by atomic mass is 10.1. The van der Waals surface area contributed by atoms with E-state index in [1.807, 2.05) is 31.2 Å². The van der Waals surface area contributed by atoms with Crippen molar-refractivity contribution < 1.29 is 14.7 Å². The maximum Gasteiger partial charge on any atom is 0.308 e. The molecule has 1 atom stereocenters. The van der Waals surface area contributed by atoms with E-state index in [-0.39, 0.29) is 12.5 Å². The summed E-state index contributed by atoms with van der Waals surface area (Å²) in [5.74, 6) is -1.88. The topological polar surface area (TPSA) is 79.3 Å². The molecule has 0 bridgehead atoms. The second-order valence-electron chi connectivity index (χ2n) is 5.24. The third kappa shape index (κ3) is 4.39. The van der Waals surface area contributed by atoms with Gasteiger partial charge >= 0.3 is 5.97 Å². The fourth-order valence-electron chi connectivity index (χ4n) is 1.80. The number of carbonyl (C=O) groups is 2. The number of benzene rings is 1. The molecule has 6 heteroatoms. The Kier molecular flexibility index (Phi) is 5.27. The summed E-state index contributed by atoms with van der Waals surface area (Å²) in [4.78, 5) is 26.9. The first kappa shape index (κ1) is 16.2. The highest BCUT2D eigenvalue weighted by atomic mass is 32.1. The SMILES string of the molecule is Cc1ccc(Cc2nc(C(=O)NCC(C)C(=O)O)cs2)cc1. The number of aryl methyl sites for hydroxylation is 1. The number of carbonyl (C=O) groups excluding carboxylic acids is 1. The first-order chi connectivity index (χ1) is 10.5. The molecule has 1 heterocycles. The van der Waals surface area contributed by atoms with Gasteiger partial charge in [-0.05, 0) is 12.5 Å². The molecule has 0 aliphatic rings. The highest BCUT2D eigenvalue weighted by Gasteiger charge is 2.15. The van der Waals surface area contributed by atoms with E-state index < -0.39 is 11.9 Å². The first-order valence-corrected chi connectivity index (χ1v) is 7.84. The molecule has 22 heavy (non-hydrogen) atoms. The fraction of sp³-hybridized carbons (Fsp3) is 0.312. The Morgan fingerprint density at radius 3 is 2.64 bits per heavy atom. The molecule has 2 aromatic rings. The van der Waals surface area contributed by atoms with E-state index in [2.05, 4.69) is 10.3 Å². The smallest absolute Gasteiger partial charge is 0.308 e. The van der Waals surface area contributed by atoms with E-state index >= 15 is 0 Å². The van der Waals surface area contributed by atoms with Gasteiger partial charge in [0.05, 0.1) is 10.9 Å². The number of hydrogen-bond acceptors (Lipinski definition) is 4. The Labute approximate surface area is 133 Å². The van der Waals surface area contributed by atoms with Gasteiger partial charge in [-0.15, -0.1) is 11.3 Å². The van der Waals surface area contributed by atoms with Gasteiger partial charge in [0, 0.05) is 18.3 Å². The van der Waals surface area contributed by atoms with Gasteiger partial charge in [-0.2, -0.15) is 0 Å². The van der Waals surface area contributed by atoms with Crippen molar-refractivity contribution in [1.82, 2.24) is 10.3 Å². The van der Waals surface area contributed by atoms with E-state index in [0.29, 0.717) is 12.1 Å². The molecular formula is C16H18N2O3S. The number of thiazole rings is 1. The molecule has 2 rings (SSSR count). The minimum absolute atomic E-state index is 0.0962. The van der Waals surface area contributed by atoms with Crippen LogP contribution in [0.4, 0.5) is 0 Å². The second kappa shape index (κ2) is 7.17. The van der Waals surface area contributed by atoms with Crippen LogP contribution in [0.1, 0.15) is 33.5 Å². The third-order valence-electron chi connectivity index (χ3n) is 3.25. The molecule has 0 saturated carbocycles. The predicted molar refractivity (Wildman–Crippen MR) is 85.2 cm³/mol. The van der Waals surface area contributed by atoms with Gasteiger partial charge in [0.15, 0.2) is 0 Å². The Hall–Kier alpha value is -2.21. The molecule has 0 aliphatic carbocycles. The van der Waals surface area contributed by atoms with Crippen molar-refractivity contribution in [3.8, 4) is 0 Å². The predicted octanol–water partition coefficient (Wildman–Crippen LogP) is 2.49. The normalized spacial score (nSPS) is 11.9. The summed E-state index contributed by atoms with van der Waals surface area (Å²) >= 11 is 1.43. The molecular weight excluding hydrogens is 300 g/mol. The fourth-order valence-corrected chi connectivity index (χ4v) is 2.61. The number of carboxylic acid groups (broad SMARTS) is 1. The molecule has 0 spiro atoms. The Morgan fingerprint density at radius 2 is 2.00 bits per heavy atom. The van der Waals surface area contributed by atoms with Crippen LogP contribution in [0.2, 0.25) is 0 Å². The van der Waals surface area contributed by atoms with Crippen LogP contribution in [-0.4, -0.2) is 28.5 Å². The first-order valence-electron chi connectivity index (χ1n) is 6.96. The Morgan fingerprint density at radius 1 is 1.32 bits per heavy atom. The zero-order valence-corrected chi connectivity index (χ0v) is 13.3. The number of aliphatic carboxylic acids is 1. The highest BCUT2D eigenvalue weighted by Crippen LogP contribution is 2.15. The molecule has 0 saturated heterocycles. The van der Waals surface area contributed by atoms with Gasteiger partial charge in [0.1, 0.15) is 5.69 Å². The van der Waals surface area contributed by atoms with Gasteiger partial charge < -0.3 is 10.4 Å². The average Bonchev–Trinajstić information content (AvgIpc) is 2.95. The molecule has 1 aromatic carbocycles. The molecule has 0 fully saturated rings. The van der Waals surface area contributed by atoms with Crippen LogP contribution in [0.5, 0.6) is 0 Å². The summed E-state index contributed by atoms with van der Waals surface area (Å²) < 4.78 is 0. The number of hydrogen-bond donors (Lipinski definition) is 2. The minimum atomic E-state index is -0.932. The van der Waals surface area contributed by atoms with Crippen molar-refractivity contribution >= 4 is 23.2 Å². The van der Waals surface area contributed by atoms with E-state index in [1.54, 1.807) is 12.3 Å². The summed E-state index contributed by atoms with van der Waals surface area (Å²) in [7, 11) is 0. The zero-order chi connectivity index (χ0) is 16.1. The monoisotopic (exact) mass is 318 g/mol. The highest BCUT2D eigenvalue weighted by molar-refractivity contribution is 7.09. The van der Waals surface area contributed by atoms with E-state index in [9.17, 15) is 9.59 Å². The van der Waals surface area contributed by atoms with Crippen LogP contribution in [0.25, 0.3) is 0 Å². The van der Waals surface area contributed by atoms with Crippen molar-refractivity contribution in [1.29, 1.82) is 0 Å². The van der Waals surface area contributed by atoms with E-state index in [0.717, 1.165) is 10.6 Å². The van der Waals surface area contributed by atoms with Gasteiger partial charge in [0.25, 0.3) is 5.91 Å². The van der Waals surface area contributed by atoms with Crippen molar-refractivity contribution in [2.75, 3.05) is 6.54 Å². The van der Waals surface area contributed by atoms with Crippen LogP contribution in [-0.2, 0) is 11.2 Å². The lowest BCUT2D eigenvalue weighted by molar-refractivity contribution is -0.140. The van der Waals surface area contributed by atoms with Crippen molar-refractivity contribution in [3.63, 3.8) is 0 Å². The van der Waals surface area contributed by atoms with E-state index in [4.69, 9.17) is 5.11 Å². The lowest BCUT2D eigenvalue weighted by Crippen LogP contribution is -2.31. The van der Waals surface area contributed by atoms with Gasteiger partial charge in [-0.25, -0.2) is 4.98 Å². The largest absolute Gasteiger partial charge is 0.481 e. The van der Waals surface area contributed by atoms with Crippen LogP contribution in [0.3, 0.4) is 0 Å². The summed E-state index contributed by atoms with van der Waals surface area (Å²) in [6.45, 7) is 3.68. The van der Waals surface area contributed by atoms with Crippen LogP contribution in [0, 0.1) is 12.8 Å². The molecule has 0 aliphatic heterocycles. The van der Waals surface area contributed by atoms with Crippen LogP contribution < -0.4 is 5.32 Å². The number of rotatable bonds is 6. The summed E-state index contributed by atoms with van der Waals surface area (Å²) in [6.07, 6.45) is 0.684. The maximum atomic E-state index is 11.9. The average molecular weight is 318 g/mol. The molecule has 1 amide bonds. The summed E-state index contributed by atoms with van der Waals surface area (Å²) in [6, 6.07) is 8.18. The molecule has 116 valence electrons. The quantitative estimate of drug-likeness (QED) is 0.857. The van der Waals surface area contributed by atoms with Gasteiger partial charge in [0.2, 0.25) is 0 Å². The molecule has 1 aromatic heterocycles. The number of amides is 1.